The van der Waals surface area contributed by atoms with Gasteiger partial charge in [-0.15, -0.1) is 5.10 Å². The van der Waals surface area contributed by atoms with Crippen molar-refractivity contribution < 1.29 is 14.6 Å². The number of aliphatic hydroxyl groups excluding tert-OH is 1. The minimum Gasteiger partial charge on any atom is -0.387 e. The van der Waals surface area contributed by atoms with Gasteiger partial charge < -0.3 is 14.7 Å². The molecule has 3 rings (SSSR count). The van der Waals surface area contributed by atoms with E-state index in [-0.39, 0.29) is 18.6 Å². The molecule has 0 saturated carbocycles. The third kappa shape index (κ3) is 3.75. The van der Waals surface area contributed by atoms with Crippen LogP contribution >= 0.6 is 0 Å². The summed E-state index contributed by atoms with van der Waals surface area (Å²) < 4.78 is 7.16. The molecular weight excluding hydrogens is 296 g/mol. The summed E-state index contributed by atoms with van der Waals surface area (Å²) in [6.07, 6.45) is 1.09. The normalized spacial score (nSPS) is 16.2. The van der Waals surface area contributed by atoms with Crippen LogP contribution in [0.1, 0.15) is 30.3 Å². The van der Waals surface area contributed by atoms with Gasteiger partial charge in [0, 0.05) is 13.1 Å². The molecule has 1 saturated heterocycles. The molecule has 0 bridgehead atoms. The number of aromatic nitrogens is 3. The number of hydrogen-bond donors (Lipinski definition) is 1. The molecule has 1 fully saturated rings. The van der Waals surface area contributed by atoms with Crippen LogP contribution in [0, 0.1) is 0 Å². The lowest BCUT2D eigenvalue weighted by Crippen LogP contribution is -2.52. The molecule has 1 aromatic carbocycles. The number of carbonyl (C=O) groups excluding carboxylic acids is 1. The van der Waals surface area contributed by atoms with Crippen molar-refractivity contribution in [2.75, 3.05) is 19.7 Å². The summed E-state index contributed by atoms with van der Waals surface area (Å²) in [7, 11) is 0. The summed E-state index contributed by atoms with van der Waals surface area (Å²) in [6.45, 7) is 3.35. The monoisotopic (exact) mass is 316 g/mol. The summed E-state index contributed by atoms with van der Waals surface area (Å²) in [6, 6.07) is 9.89. The Bertz CT molecular complexity index is 650. The number of aliphatic hydroxyl groups is 1. The second-order valence-corrected chi connectivity index (χ2v) is 5.73. The maximum atomic E-state index is 12.0. The minimum absolute atomic E-state index is 0.0203. The van der Waals surface area contributed by atoms with E-state index in [1.54, 1.807) is 22.7 Å². The number of rotatable bonds is 6. The van der Waals surface area contributed by atoms with Crippen LogP contribution in [-0.2, 0) is 16.1 Å². The molecular formula is C16H20N4O3. The van der Waals surface area contributed by atoms with Gasteiger partial charge in [-0.25, -0.2) is 4.68 Å². The van der Waals surface area contributed by atoms with Crippen LogP contribution in [-0.4, -0.2) is 50.6 Å². The molecule has 1 aliphatic heterocycles. The molecule has 1 amide bonds. The molecule has 2 heterocycles. The standard InChI is InChI=1S/C16H20N4O3/c1-12(21)15-9-20(18-17-15)14-7-19(8-14)16(22)11-23-10-13-5-3-2-4-6-13/h2-6,9,12,14,21H,7-8,10-11H2,1H3. The van der Waals surface area contributed by atoms with E-state index in [4.69, 9.17) is 4.74 Å². The highest BCUT2D eigenvalue weighted by molar-refractivity contribution is 5.78. The van der Waals surface area contributed by atoms with Gasteiger partial charge in [0.1, 0.15) is 12.3 Å². The van der Waals surface area contributed by atoms with Crippen LogP contribution in [0.3, 0.4) is 0 Å². The second-order valence-electron chi connectivity index (χ2n) is 5.73. The summed E-state index contributed by atoms with van der Waals surface area (Å²) in [5.41, 5.74) is 1.59. The van der Waals surface area contributed by atoms with Crippen molar-refractivity contribution in [3.63, 3.8) is 0 Å². The van der Waals surface area contributed by atoms with E-state index in [2.05, 4.69) is 10.3 Å². The topological polar surface area (TPSA) is 80.5 Å². The van der Waals surface area contributed by atoms with E-state index in [9.17, 15) is 9.90 Å². The average Bonchev–Trinajstić information content (AvgIpc) is 2.96. The molecule has 7 heteroatoms. The van der Waals surface area contributed by atoms with E-state index in [1.165, 1.54) is 0 Å². The van der Waals surface area contributed by atoms with Crippen LogP contribution in [0.4, 0.5) is 0 Å². The van der Waals surface area contributed by atoms with E-state index >= 15 is 0 Å². The van der Waals surface area contributed by atoms with Crippen molar-refractivity contribution in [3.8, 4) is 0 Å². The van der Waals surface area contributed by atoms with E-state index in [0.717, 1.165) is 5.56 Å². The molecule has 0 aliphatic carbocycles. The van der Waals surface area contributed by atoms with Crippen LogP contribution in [0.5, 0.6) is 0 Å². The van der Waals surface area contributed by atoms with E-state index < -0.39 is 6.10 Å². The molecule has 1 N–H and O–H groups in total. The zero-order valence-corrected chi connectivity index (χ0v) is 13.0. The largest absolute Gasteiger partial charge is 0.387 e. The summed E-state index contributed by atoms with van der Waals surface area (Å²) >= 11 is 0. The Balaban J connectivity index is 1.41. The van der Waals surface area contributed by atoms with Crippen LogP contribution < -0.4 is 0 Å². The smallest absolute Gasteiger partial charge is 0.248 e. The first-order chi connectivity index (χ1) is 11.1. The highest BCUT2D eigenvalue weighted by Gasteiger charge is 2.32. The predicted octanol–water partition coefficient (Wildman–Crippen LogP) is 0.931. The lowest BCUT2D eigenvalue weighted by Gasteiger charge is -2.38. The Hall–Kier alpha value is -2.25. The second kappa shape index (κ2) is 6.89. The maximum absolute atomic E-state index is 12.0. The fourth-order valence-corrected chi connectivity index (χ4v) is 2.41. The van der Waals surface area contributed by atoms with Crippen molar-refractivity contribution in [2.24, 2.45) is 0 Å². The van der Waals surface area contributed by atoms with Gasteiger partial charge in [-0.05, 0) is 12.5 Å². The van der Waals surface area contributed by atoms with Gasteiger partial charge >= 0.3 is 0 Å². The molecule has 0 radical (unpaired) electrons. The number of nitrogens with zero attached hydrogens (tertiary/aromatic N) is 4. The van der Waals surface area contributed by atoms with Gasteiger partial charge in [-0.1, -0.05) is 35.5 Å². The third-order valence-electron chi connectivity index (χ3n) is 3.88. The van der Waals surface area contributed by atoms with E-state index in [0.29, 0.717) is 25.4 Å². The van der Waals surface area contributed by atoms with Crippen molar-refractivity contribution in [2.45, 2.75) is 25.7 Å². The molecule has 0 spiro atoms. The Morgan fingerprint density at radius 3 is 2.78 bits per heavy atom. The zero-order chi connectivity index (χ0) is 16.2. The maximum Gasteiger partial charge on any atom is 0.248 e. The van der Waals surface area contributed by atoms with Crippen molar-refractivity contribution >= 4 is 5.91 Å². The first-order valence-electron chi connectivity index (χ1n) is 7.62. The predicted molar refractivity (Wildman–Crippen MR) is 82.4 cm³/mol. The molecule has 1 aliphatic rings. The van der Waals surface area contributed by atoms with Crippen molar-refractivity contribution in [1.82, 2.24) is 19.9 Å². The van der Waals surface area contributed by atoms with Crippen LogP contribution in [0.2, 0.25) is 0 Å². The van der Waals surface area contributed by atoms with Gasteiger partial charge in [0.2, 0.25) is 5.91 Å². The molecule has 2 aromatic rings. The van der Waals surface area contributed by atoms with Gasteiger partial charge in [0.25, 0.3) is 0 Å². The first kappa shape index (κ1) is 15.6. The van der Waals surface area contributed by atoms with Gasteiger partial charge in [0.15, 0.2) is 0 Å². The lowest BCUT2D eigenvalue weighted by atomic mass is 10.1. The summed E-state index contributed by atoms with van der Waals surface area (Å²) in [5.74, 6) is -0.0203. The Labute approximate surface area is 134 Å². The first-order valence-corrected chi connectivity index (χ1v) is 7.62. The lowest BCUT2D eigenvalue weighted by molar-refractivity contribution is -0.142. The number of amides is 1. The van der Waals surface area contributed by atoms with Gasteiger partial charge in [0.05, 0.1) is 24.9 Å². The molecule has 122 valence electrons. The molecule has 1 unspecified atom stereocenters. The number of carbonyl (C=O) groups is 1. The Kier molecular flexibility index (Phi) is 4.68. The Morgan fingerprint density at radius 1 is 1.39 bits per heavy atom. The molecule has 23 heavy (non-hydrogen) atoms. The summed E-state index contributed by atoms with van der Waals surface area (Å²) in [4.78, 5) is 13.8. The number of ether oxygens (including phenoxy) is 1. The van der Waals surface area contributed by atoms with E-state index in [1.807, 2.05) is 30.3 Å². The number of hydrogen-bond acceptors (Lipinski definition) is 5. The number of likely N-dealkylation sites (tertiary alicyclic amines) is 1. The van der Waals surface area contributed by atoms with Crippen molar-refractivity contribution in [1.29, 1.82) is 0 Å². The fourth-order valence-electron chi connectivity index (χ4n) is 2.41. The highest BCUT2D eigenvalue weighted by Crippen LogP contribution is 2.21. The molecule has 1 atom stereocenters. The van der Waals surface area contributed by atoms with Gasteiger partial charge in [-0.2, -0.15) is 0 Å². The SMILES string of the molecule is CC(O)c1cn(C2CN(C(=O)COCc3ccccc3)C2)nn1. The molecule has 1 aromatic heterocycles. The Morgan fingerprint density at radius 2 is 2.13 bits per heavy atom. The average molecular weight is 316 g/mol. The van der Waals surface area contributed by atoms with Gasteiger partial charge in [-0.3, -0.25) is 4.79 Å². The van der Waals surface area contributed by atoms with Crippen LogP contribution in [0.25, 0.3) is 0 Å². The number of benzene rings is 1. The fraction of sp³-hybridized carbons (Fsp3) is 0.438. The third-order valence-corrected chi connectivity index (χ3v) is 3.88. The quantitative estimate of drug-likeness (QED) is 0.857. The summed E-state index contributed by atoms with van der Waals surface area (Å²) in [5, 5.41) is 17.3. The van der Waals surface area contributed by atoms with Crippen molar-refractivity contribution in [3.05, 3.63) is 47.8 Å². The molecule has 7 nitrogen and oxygen atoms in total. The van der Waals surface area contributed by atoms with Crippen LogP contribution in [0.15, 0.2) is 36.5 Å². The minimum atomic E-state index is -0.632. The highest BCUT2D eigenvalue weighted by atomic mass is 16.5. The zero-order valence-electron chi connectivity index (χ0n) is 13.0.